The van der Waals surface area contributed by atoms with Gasteiger partial charge in [0, 0.05) is 12.3 Å². The predicted molar refractivity (Wildman–Crippen MR) is 46.4 cm³/mol. The number of hydrogen-bond acceptors (Lipinski definition) is 5. The van der Waals surface area contributed by atoms with Crippen molar-refractivity contribution in [2.75, 3.05) is 18.9 Å². The summed E-state index contributed by atoms with van der Waals surface area (Å²) in [5.41, 5.74) is 0. The average Bonchev–Trinajstić information content (AvgIpc) is 2.04. The summed E-state index contributed by atoms with van der Waals surface area (Å²) in [5.74, 6) is -0.872. The summed E-state index contributed by atoms with van der Waals surface area (Å²) in [6.07, 6.45) is -0.924. The molecule has 6 heteroatoms. The van der Waals surface area contributed by atoms with Crippen LogP contribution in [0, 0.1) is 0 Å². The van der Waals surface area contributed by atoms with Crippen molar-refractivity contribution >= 4 is 18.6 Å². The molecule has 0 saturated heterocycles. The van der Waals surface area contributed by atoms with E-state index in [9.17, 15) is 4.79 Å². The highest BCUT2D eigenvalue weighted by atomic mass is 32.1. The highest BCUT2D eigenvalue weighted by molar-refractivity contribution is 7.80. The first-order chi connectivity index (χ1) is 5.61. The van der Waals surface area contributed by atoms with E-state index in [0.29, 0.717) is 0 Å². The van der Waals surface area contributed by atoms with E-state index in [4.69, 9.17) is 15.3 Å². The summed E-state index contributed by atoms with van der Waals surface area (Å²) in [7, 11) is 0. The fraction of sp³-hybridized carbons (Fsp3) is 0.833. The summed E-state index contributed by atoms with van der Waals surface area (Å²) in [4.78, 5) is 10.4. The number of nitrogens with one attached hydrogen (secondary N) is 1. The van der Waals surface area contributed by atoms with Crippen LogP contribution in [-0.4, -0.2) is 52.3 Å². The molecule has 0 aliphatic carbocycles. The maximum atomic E-state index is 10.4. The van der Waals surface area contributed by atoms with E-state index >= 15 is 0 Å². The molecule has 0 aromatic heterocycles. The number of carboxylic acid groups (broad SMARTS) is 1. The molecule has 12 heavy (non-hydrogen) atoms. The third-order valence-corrected chi connectivity index (χ3v) is 1.66. The van der Waals surface area contributed by atoms with Gasteiger partial charge in [0.2, 0.25) is 0 Å². The number of thiol groups is 1. The van der Waals surface area contributed by atoms with E-state index in [0.717, 1.165) is 0 Å². The third-order valence-electron chi connectivity index (χ3n) is 1.29. The molecule has 0 aliphatic heterocycles. The van der Waals surface area contributed by atoms with Crippen molar-refractivity contribution in [3.63, 3.8) is 0 Å². The zero-order chi connectivity index (χ0) is 9.56. The molecule has 0 aliphatic rings. The minimum absolute atomic E-state index is 0.0496. The minimum Gasteiger partial charge on any atom is -0.480 e. The van der Waals surface area contributed by atoms with Gasteiger partial charge in [-0.05, 0) is 0 Å². The Morgan fingerprint density at radius 2 is 2.17 bits per heavy atom. The normalized spacial score (nSPS) is 15.6. The molecule has 0 rings (SSSR count). The van der Waals surface area contributed by atoms with Crippen LogP contribution in [0.15, 0.2) is 0 Å². The number of hydrogen-bond donors (Lipinski definition) is 5. The Morgan fingerprint density at radius 3 is 2.50 bits per heavy atom. The molecule has 72 valence electrons. The summed E-state index contributed by atoms with van der Waals surface area (Å²) in [6.45, 7) is -0.333. The van der Waals surface area contributed by atoms with Gasteiger partial charge in [0.1, 0.15) is 6.04 Å². The number of aliphatic hydroxyl groups excluding tert-OH is 2. The Morgan fingerprint density at radius 1 is 1.58 bits per heavy atom. The second-order valence-corrected chi connectivity index (χ2v) is 2.68. The van der Waals surface area contributed by atoms with Crippen molar-refractivity contribution in [3.8, 4) is 0 Å². The average molecular weight is 195 g/mol. The van der Waals surface area contributed by atoms with Gasteiger partial charge in [0.25, 0.3) is 0 Å². The molecule has 0 spiro atoms. The standard InChI is InChI=1S/C6H13NO4S/c8-2-4(9)1-7-5(3-12)6(10)11/h4-5,7-9,12H,1-3H2,(H,10,11). The van der Waals surface area contributed by atoms with Gasteiger partial charge in [-0.3, -0.25) is 4.79 Å². The topological polar surface area (TPSA) is 89.8 Å². The Balaban J connectivity index is 3.65. The van der Waals surface area contributed by atoms with Crippen LogP contribution >= 0.6 is 12.6 Å². The monoisotopic (exact) mass is 195 g/mol. The molecule has 0 bridgehead atoms. The Labute approximate surface area is 75.8 Å². The van der Waals surface area contributed by atoms with Crippen molar-refractivity contribution in [2.24, 2.45) is 0 Å². The summed E-state index contributed by atoms with van der Waals surface area (Å²) >= 11 is 3.80. The zero-order valence-electron chi connectivity index (χ0n) is 6.47. The van der Waals surface area contributed by atoms with Gasteiger partial charge in [-0.25, -0.2) is 0 Å². The van der Waals surface area contributed by atoms with E-state index in [-0.39, 0.29) is 18.9 Å². The van der Waals surface area contributed by atoms with Crippen LogP contribution in [0.3, 0.4) is 0 Å². The molecule has 0 saturated carbocycles. The Kier molecular flexibility index (Phi) is 6.09. The number of rotatable bonds is 6. The lowest BCUT2D eigenvalue weighted by atomic mass is 10.3. The minimum atomic E-state index is -1.02. The maximum absolute atomic E-state index is 10.4. The second kappa shape index (κ2) is 6.24. The van der Waals surface area contributed by atoms with Crippen molar-refractivity contribution in [1.82, 2.24) is 5.32 Å². The van der Waals surface area contributed by atoms with Gasteiger partial charge >= 0.3 is 5.97 Å². The molecule has 2 unspecified atom stereocenters. The van der Waals surface area contributed by atoms with Crippen molar-refractivity contribution in [2.45, 2.75) is 12.1 Å². The third kappa shape index (κ3) is 4.55. The zero-order valence-corrected chi connectivity index (χ0v) is 7.37. The first kappa shape index (κ1) is 11.7. The SMILES string of the molecule is O=C(O)C(CS)NCC(O)CO. The van der Waals surface area contributed by atoms with Crippen molar-refractivity contribution in [3.05, 3.63) is 0 Å². The number of aliphatic hydroxyl groups is 2. The predicted octanol–water partition coefficient (Wildman–Crippen LogP) is -1.69. The smallest absolute Gasteiger partial charge is 0.321 e. The maximum Gasteiger partial charge on any atom is 0.321 e. The summed E-state index contributed by atoms with van der Waals surface area (Å²) < 4.78 is 0. The molecular weight excluding hydrogens is 182 g/mol. The first-order valence-electron chi connectivity index (χ1n) is 3.47. The Hall–Kier alpha value is -0.300. The van der Waals surface area contributed by atoms with Crippen LogP contribution in [0.2, 0.25) is 0 Å². The second-order valence-electron chi connectivity index (χ2n) is 2.32. The lowest BCUT2D eigenvalue weighted by Gasteiger charge is -2.13. The van der Waals surface area contributed by atoms with Crippen LogP contribution < -0.4 is 5.32 Å². The molecule has 0 heterocycles. The molecule has 0 aromatic carbocycles. The molecular formula is C6H13NO4S. The van der Waals surface area contributed by atoms with Gasteiger partial charge < -0.3 is 20.6 Å². The molecule has 0 radical (unpaired) electrons. The molecule has 4 N–H and O–H groups in total. The molecule has 5 nitrogen and oxygen atoms in total. The van der Waals surface area contributed by atoms with Crippen LogP contribution in [0.1, 0.15) is 0 Å². The fourth-order valence-corrected chi connectivity index (χ4v) is 0.858. The fourth-order valence-electron chi connectivity index (χ4n) is 0.573. The van der Waals surface area contributed by atoms with Gasteiger partial charge in [0.15, 0.2) is 0 Å². The lowest BCUT2D eigenvalue weighted by molar-refractivity contribution is -0.138. The molecule has 2 atom stereocenters. The quantitative estimate of drug-likeness (QED) is 0.326. The van der Waals surface area contributed by atoms with Gasteiger partial charge in [-0.1, -0.05) is 0 Å². The van der Waals surface area contributed by atoms with Gasteiger partial charge in [-0.15, -0.1) is 0 Å². The van der Waals surface area contributed by atoms with Gasteiger partial charge in [-0.2, -0.15) is 12.6 Å². The highest BCUT2D eigenvalue weighted by Gasteiger charge is 2.15. The first-order valence-corrected chi connectivity index (χ1v) is 4.11. The van der Waals surface area contributed by atoms with Crippen LogP contribution in [-0.2, 0) is 4.79 Å². The molecule has 0 fully saturated rings. The summed E-state index contributed by atoms with van der Waals surface area (Å²) in [6, 6.07) is -0.783. The van der Waals surface area contributed by atoms with Crippen molar-refractivity contribution < 1.29 is 20.1 Å². The number of carboxylic acids is 1. The molecule has 0 aromatic rings. The van der Waals surface area contributed by atoms with Crippen LogP contribution in [0.4, 0.5) is 0 Å². The highest BCUT2D eigenvalue weighted by Crippen LogP contribution is 1.88. The van der Waals surface area contributed by atoms with E-state index in [2.05, 4.69) is 17.9 Å². The number of aliphatic carboxylic acids is 1. The van der Waals surface area contributed by atoms with E-state index in [1.165, 1.54) is 0 Å². The largest absolute Gasteiger partial charge is 0.480 e. The number of carbonyl (C=O) groups is 1. The van der Waals surface area contributed by atoms with E-state index in [1.807, 2.05) is 0 Å². The van der Waals surface area contributed by atoms with Crippen LogP contribution in [0.5, 0.6) is 0 Å². The lowest BCUT2D eigenvalue weighted by Crippen LogP contribution is -2.43. The van der Waals surface area contributed by atoms with Crippen molar-refractivity contribution in [1.29, 1.82) is 0 Å². The van der Waals surface area contributed by atoms with Crippen LogP contribution in [0.25, 0.3) is 0 Å². The molecule has 0 amide bonds. The van der Waals surface area contributed by atoms with E-state index in [1.54, 1.807) is 0 Å². The van der Waals surface area contributed by atoms with Gasteiger partial charge in [0.05, 0.1) is 12.7 Å². The summed E-state index contributed by atoms with van der Waals surface area (Å²) in [5, 5.41) is 28.3. The Bertz CT molecular complexity index is 144. The van der Waals surface area contributed by atoms with E-state index < -0.39 is 18.1 Å².